The van der Waals surface area contributed by atoms with Gasteiger partial charge in [-0.1, -0.05) is 35.3 Å². The number of fused-ring (bicyclic) bond motifs is 3. The largest absolute Gasteiger partial charge is 0.366 e. The van der Waals surface area contributed by atoms with E-state index < -0.39 is 11.7 Å². The van der Waals surface area contributed by atoms with Gasteiger partial charge in [0.15, 0.2) is 0 Å². The first-order valence-corrected chi connectivity index (χ1v) is 8.57. The highest BCUT2D eigenvalue weighted by Gasteiger charge is 2.17. The summed E-state index contributed by atoms with van der Waals surface area (Å²) in [5, 5.41) is 2.34. The number of hydrogen-bond donors (Lipinski definition) is 1. The molecule has 0 aliphatic heterocycles. The molecule has 1 heterocycles. The van der Waals surface area contributed by atoms with Gasteiger partial charge in [0.05, 0.1) is 11.0 Å². The number of nitrogens with two attached hydrogens (primary N) is 1. The summed E-state index contributed by atoms with van der Waals surface area (Å²) >= 11 is 12.3. The van der Waals surface area contributed by atoms with Crippen molar-refractivity contribution < 1.29 is 9.18 Å². The van der Waals surface area contributed by atoms with E-state index in [0.717, 1.165) is 11.1 Å². The summed E-state index contributed by atoms with van der Waals surface area (Å²) in [7, 11) is 0. The van der Waals surface area contributed by atoms with Gasteiger partial charge < -0.3 is 10.3 Å². The molecule has 129 valence electrons. The monoisotopic (exact) mass is 385 g/mol. The van der Waals surface area contributed by atoms with Gasteiger partial charge in [0, 0.05) is 32.9 Å². The number of aromatic nitrogens is 1. The Morgan fingerprint density at radius 1 is 1.15 bits per heavy atom. The zero-order valence-corrected chi connectivity index (χ0v) is 14.9. The lowest BCUT2D eigenvalue weighted by Crippen LogP contribution is -2.11. The third kappa shape index (κ3) is 2.71. The molecule has 4 aromatic rings. The topological polar surface area (TPSA) is 48.0 Å². The van der Waals surface area contributed by atoms with Gasteiger partial charge in [-0.3, -0.25) is 4.79 Å². The molecule has 0 bridgehead atoms. The summed E-state index contributed by atoms with van der Waals surface area (Å²) < 4.78 is 15.8. The minimum absolute atomic E-state index is 0.372. The number of amides is 1. The lowest BCUT2D eigenvalue weighted by atomic mass is 10.1. The highest BCUT2D eigenvalue weighted by atomic mass is 35.5. The molecule has 0 atom stereocenters. The van der Waals surface area contributed by atoms with Gasteiger partial charge >= 0.3 is 0 Å². The van der Waals surface area contributed by atoms with Crippen LogP contribution in [0, 0.1) is 11.9 Å². The molecule has 1 aromatic heterocycles. The van der Waals surface area contributed by atoms with Crippen molar-refractivity contribution in [2.24, 2.45) is 5.73 Å². The van der Waals surface area contributed by atoms with Crippen molar-refractivity contribution in [2.75, 3.05) is 0 Å². The highest BCUT2D eigenvalue weighted by molar-refractivity contribution is 6.35. The van der Waals surface area contributed by atoms with Crippen molar-refractivity contribution in [1.82, 2.24) is 4.57 Å². The molecule has 0 fully saturated rings. The Hall–Kier alpha value is -2.56. The zero-order valence-electron chi connectivity index (χ0n) is 13.4. The molecule has 0 saturated carbocycles. The lowest BCUT2D eigenvalue weighted by Gasteiger charge is -2.10. The van der Waals surface area contributed by atoms with Crippen LogP contribution in [0.25, 0.3) is 21.8 Å². The lowest BCUT2D eigenvalue weighted by molar-refractivity contribution is 0.100. The maximum Gasteiger partial charge on any atom is 0.249 e. The van der Waals surface area contributed by atoms with E-state index in [0.29, 0.717) is 38.4 Å². The van der Waals surface area contributed by atoms with Gasteiger partial charge in [0.25, 0.3) is 0 Å². The van der Waals surface area contributed by atoms with Gasteiger partial charge in [-0.25, -0.2) is 4.39 Å². The van der Waals surface area contributed by atoms with E-state index in [-0.39, 0.29) is 0 Å². The molecular weight excluding hydrogens is 374 g/mol. The molecule has 6 heteroatoms. The number of carbonyl (C=O) groups is 1. The molecule has 26 heavy (non-hydrogen) atoms. The number of carbonyl (C=O) groups excluding carboxylic acids is 1. The van der Waals surface area contributed by atoms with Crippen LogP contribution in [0.2, 0.25) is 10.0 Å². The van der Waals surface area contributed by atoms with Gasteiger partial charge in [0.2, 0.25) is 5.91 Å². The first-order chi connectivity index (χ1) is 12.5. The molecule has 1 radical (unpaired) electrons. The fourth-order valence-corrected chi connectivity index (χ4v) is 3.69. The molecule has 0 aliphatic rings. The Labute approximate surface area is 158 Å². The molecule has 3 nitrogen and oxygen atoms in total. The molecule has 0 unspecified atom stereocenters. The average molecular weight is 386 g/mol. The van der Waals surface area contributed by atoms with Crippen LogP contribution in [-0.4, -0.2) is 10.5 Å². The summed E-state index contributed by atoms with van der Waals surface area (Å²) in [4.78, 5) is 11.9. The summed E-state index contributed by atoms with van der Waals surface area (Å²) in [5.74, 6) is -0.957. The number of hydrogen-bond acceptors (Lipinski definition) is 1. The van der Waals surface area contributed by atoms with Gasteiger partial charge in [0.1, 0.15) is 5.82 Å². The molecular formula is C20H12Cl2FN2O. The Bertz CT molecular complexity index is 1180. The first-order valence-electron chi connectivity index (χ1n) is 7.81. The van der Waals surface area contributed by atoms with Crippen LogP contribution in [0.15, 0.2) is 48.5 Å². The van der Waals surface area contributed by atoms with Crippen molar-refractivity contribution in [3.63, 3.8) is 0 Å². The van der Waals surface area contributed by atoms with E-state index in [4.69, 9.17) is 28.9 Å². The van der Waals surface area contributed by atoms with Crippen molar-refractivity contribution in [3.05, 3.63) is 81.6 Å². The predicted octanol–water partition coefficient (Wildman–Crippen LogP) is 5.19. The second kappa shape index (κ2) is 6.31. The third-order valence-electron chi connectivity index (χ3n) is 4.37. The second-order valence-electron chi connectivity index (χ2n) is 5.96. The summed E-state index contributed by atoms with van der Waals surface area (Å²) in [5.41, 5.74) is 8.09. The average Bonchev–Trinajstić information content (AvgIpc) is 2.90. The van der Waals surface area contributed by atoms with Crippen molar-refractivity contribution >= 4 is 50.9 Å². The Balaban J connectivity index is 2.05. The fourth-order valence-electron chi connectivity index (χ4n) is 3.23. The molecule has 1 amide bonds. The summed E-state index contributed by atoms with van der Waals surface area (Å²) in [6.45, 7) is 0.384. The van der Waals surface area contributed by atoms with Crippen LogP contribution in [0.1, 0.15) is 15.9 Å². The van der Waals surface area contributed by atoms with Crippen molar-refractivity contribution in [2.45, 2.75) is 6.54 Å². The molecule has 4 rings (SSSR count). The standard InChI is InChI=1S/C20H12Cl2FN2O/c21-12-5-4-11(16(22)8-12)10-25-17-3-1-2-15(20(24)26)19(17)14-7-6-13(23)9-18(14)25/h1-6,8-9H,10H2,(H2,24,26). The molecule has 2 N–H and O–H groups in total. The van der Waals surface area contributed by atoms with E-state index in [9.17, 15) is 9.18 Å². The normalized spacial score (nSPS) is 11.3. The van der Waals surface area contributed by atoms with Gasteiger partial charge in [-0.05, 0) is 48.0 Å². The van der Waals surface area contributed by atoms with E-state index in [1.807, 2.05) is 16.7 Å². The van der Waals surface area contributed by atoms with Crippen LogP contribution in [0.4, 0.5) is 4.39 Å². The zero-order chi connectivity index (χ0) is 18.4. The number of rotatable bonds is 3. The summed E-state index contributed by atoms with van der Waals surface area (Å²) in [6.07, 6.45) is 0. The molecule has 0 aliphatic carbocycles. The van der Waals surface area contributed by atoms with Crippen molar-refractivity contribution in [3.8, 4) is 0 Å². The maximum absolute atomic E-state index is 13.9. The van der Waals surface area contributed by atoms with E-state index in [1.165, 1.54) is 12.1 Å². The Kier molecular flexibility index (Phi) is 4.10. The van der Waals surface area contributed by atoms with Crippen LogP contribution in [0.3, 0.4) is 0 Å². The van der Waals surface area contributed by atoms with E-state index in [1.54, 1.807) is 24.3 Å². The highest BCUT2D eigenvalue weighted by Crippen LogP contribution is 2.33. The number of nitrogens with zero attached hydrogens (tertiary/aromatic N) is 1. The SMILES string of the molecule is NC(=O)c1cccc2c1c1[c]cc(F)cc1n2Cc1ccc(Cl)cc1Cl. The number of primary amides is 1. The number of benzene rings is 3. The number of halogens is 3. The van der Waals surface area contributed by atoms with E-state index >= 15 is 0 Å². The van der Waals surface area contributed by atoms with Crippen LogP contribution in [0.5, 0.6) is 0 Å². The van der Waals surface area contributed by atoms with Crippen LogP contribution >= 0.6 is 23.2 Å². The van der Waals surface area contributed by atoms with Gasteiger partial charge in [-0.2, -0.15) is 0 Å². The van der Waals surface area contributed by atoms with Crippen LogP contribution in [-0.2, 0) is 6.54 Å². The smallest absolute Gasteiger partial charge is 0.249 e. The minimum atomic E-state index is -0.545. The Morgan fingerprint density at radius 3 is 2.69 bits per heavy atom. The molecule has 3 aromatic carbocycles. The van der Waals surface area contributed by atoms with Crippen molar-refractivity contribution in [1.29, 1.82) is 0 Å². The third-order valence-corrected chi connectivity index (χ3v) is 4.96. The Morgan fingerprint density at radius 2 is 1.96 bits per heavy atom. The quantitative estimate of drug-likeness (QED) is 0.518. The minimum Gasteiger partial charge on any atom is -0.366 e. The van der Waals surface area contributed by atoms with Gasteiger partial charge in [-0.15, -0.1) is 0 Å². The maximum atomic E-state index is 13.9. The summed E-state index contributed by atoms with van der Waals surface area (Å²) in [6, 6.07) is 16.1. The van der Waals surface area contributed by atoms with Crippen LogP contribution < -0.4 is 5.73 Å². The molecule has 0 saturated heterocycles. The first kappa shape index (κ1) is 16.9. The van der Waals surface area contributed by atoms with E-state index in [2.05, 4.69) is 6.07 Å². The fraction of sp³-hybridized carbons (Fsp3) is 0.0500. The second-order valence-corrected chi connectivity index (χ2v) is 6.81. The predicted molar refractivity (Wildman–Crippen MR) is 102 cm³/mol. The molecule has 0 spiro atoms.